The first kappa shape index (κ1) is 44.4. The fourth-order valence-corrected chi connectivity index (χ4v) is 10.00. The first-order valence-electron chi connectivity index (χ1n) is 22.7. The van der Waals surface area contributed by atoms with E-state index in [-0.39, 0.29) is 0 Å². The largest absolute Gasteiger partial charge is 0.286 e. The van der Waals surface area contributed by atoms with Gasteiger partial charge in [-0.1, -0.05) is 144 Å². The van der Waals surface area contributed by atoms with E-state index in [1.807, 2.05) is 46.0 Å². The lowest BCUT2D eigenvalue weighted by molar-refractivity contribution is 0.244. The van der Waals surface area contributed by atoms with Gasteiger partial charge >= 0.3 is 0 Å². The summed E-state index contributed by atoms with van der Waals surface area (Å²) in [6.45, 7) is 5.68. The highest BCUT2D eigenvalue weighted by molar-refractivity contribution is 7.10. The Morgan fingerprint density at radius 3 is 1.16 bits per heavy atom. The molecule has 0 radical (unpaired) electrons. The maximum atomic E-state index is 4.60. The molecule has 68 heavy (non-hydrogen) atoms. The molecule has 0 aliphatic heterocycles. The molecule has 0 saturated carbocycles. The van der Waals surface area contributed by atoms with Gasteiger partial charge in [0.25, 0.3) is 0 Å². The third kappa shape index (κ3) is 11.7. The van der Waals surface area contributed by atoms with Crippen LogP contribution in [-0.2, 0) is 52.4 Å². The molecule has 0 fully saturated rings. The Hall–Kier alpha value is -7.48. The van der Waals surface area contributed by atoms with Crippen molar-refractivity contribution in [2.24, 2.45) is 0 Å². The molecule has 10 rings (SSSR count). The zero-order valence-corrected chi connectivity index (χ0v) is 39.2. The normalized spacial score (nSPS) is 11.9. The van der Waals surface area contributed by atoms with Crippen LogP contribution in [0.15, 0.2) is 205 Å². The van der Waals surface area contributed by atoms with Gasteiger partial charge in [0.15, 0.2) is 0 Å². The second-order valence-corrected chi connectivity index (χ2v) is 18.8. The van der Waals surface area contributed by atoms with E-state index in [4.69, 9.17) is 0 Å². The van der Waals surface area contributed by atoms with Gasteiger partial charge in [0.05, 0.1) is 48.3 Å². The second kappa shape index (κ2) is 21.9. The van der Waals surface area contributed by atoms with Gasteiger partial charge in [-0.25, -0.2) is 9.36 Å². The molecule has 12 heteroatoms. The summed E-state index contributed by atoms with van der Waals surface area (Å²) in [4.78, 5) is 16.5. The lowest BCUT2D eigenvalue weighted by atomic mass is 9.85. The molecule has 0 aliphatic rings. The van der Waals surface area contributed by atoms with Gasteiger partial charge in [0.1, 0.15) is 0 Å². The molecule has 10 aromatic rings. The Kier molecular flexibility index (Phi) is 14.3. The summed E-state index contributed by atoms with van der Waals surface area (Å²) in [5.41, 5.74) is 13.1. The van der Waals surface area contributed by atoms with Crippen LogP contribution in [-0.4, -0.2) is 49.8 Å². The Morgan fingerprint density at radius 2 is 0.779 bits per heavy atom. The third-order valence-electron chi connectivity index (χ3n) is 11.6. The predicted molar refractivity (Wildman–Crippen MR) is 272 cm³/mol. The topological polar surface area (TPSA) is 93.7 Å². The number of pyridine rings is 2. The van der Waals surface area contributed by atoms with E-state index < -0.39 is 0 Å². The first-order chi connectivity index (χ1) is 33.6. The van der Waals surface area contributed by atoms with Crippen LogP contribution in [0.2, 0.25) is 0 Å². The second-order valence-electron chi connectivity index (χ2n) is 16.8. The van der Waals surface area contributed by atoms with Crippen LogP contribution < -0.4 is 0 Å². The minimum atomic E-state index is 0.613. The van der Waals surface area contributed by atoms with Gasteiger partial charge in [-0.3, -0.25) is 19.8 Å². The number of rotatable bonds is 20. The van der Waals surface area contributed by atoms with Gasteiger partial charge < -0.3 is 0 Å². The maximum absolute atomic E-state index is 4.60. The minimum absolute atomic E-state index is 0.613. The number of thiophene rings is 2. The predicted octanol–water partition coefficient (Wildman–Crippen LogP) is 11.3. The SMILES string of the molecule is c1ccc(/C(=C(/c2ccccc2)c2ccc(Cn3cc(CN(Cc4ccccn4)Cc4cccs4)nn3)cc2)c2ccc(Cn3cc(CN(Cc4ccccn4)Cc4cccs4)nn3)cc2)cc1. The van der Waals surface area contributed by atoms with Crippen LogP contribution in [0.5, 0.6) is 0 Å². The van der Waals surface area contributed by atoms with Gasteiger partial charge in [0.2, 0.25) is 0 Å². The van der Waals surface area contributed by atoms with Gasteiger partial charge in [-0.15, -0.1) is 32.9 Å². The highest BCUT2D eigenvalue weighted by Gasteiger charge is 2.18. The lowest BCUT2D eigenvalue weighted by Gasteiger charge is -2.20. The average Bonchev–Trinajstić information content (AvgIpc) is 4.24. The van der Waals surface area contributed by atoms with E-state index in [9.17, 15) is 0 Å². The van der Waals surface area contributed by atoms with Gasteiger partial charge in [0, 0.05) is 61.4 Å². The monoisotopic (exact) mass is 926 g/mol. The Bertz CT molecular complexity index is 2890. The van der Waals surface area contributed by atoms with Crippen LogP contribution in [0.25, 0.3) is 11.1 Å². The number of aromatic nitrogens is 8. The third-order valence-corrected chi connectivity index (χ3v) is 13.4. The molecule has 0 saturated heterocycles. The molecule has 4 aromatic carbocycles. The molecule has 0 amide bonds. The van der Waals surface area contributed by atoms with Crippen molar-refractivity contribution in [3.05, 3.63) is 271 Å². The van der Waals surface area contributed by atoms with Crippen molar-refractivity contribution in [2.45, 2.75) is 52.4 Å². The maximum Gasteiger partial charge on any atom is 0.0967 e. The highest BCUT2D eigenvalue weighted by atomic mass is 32.1. The van der Waals surface area contributed by atoms with Crippen LogP contribution in [0.1, 0.15) is 65.9 Å². The molecule has 0 aliphatic carbocycles. The van der Waals surface area contributed by atoms with E-state index >= 15 is 0 Å². The van der Waals surface area contributed by atoms with E-state index in [0.29, 0.717) is 26.2 Å². The summed E-state index contributed by atoms with van der Waals surface area (Å²) in [5.74, 6) is 0. The van der Waals surface area contributed by atoms with E-state index in [0.717, 1.165) is 93.5 Å². The van der Waals surface area contributed by atoms with Crippen LogP contribution in [0.3, 0.4) is 0 Å². The Labute approximate surface area is 405 Å². The zero-order chi connectivity index (χ0) is 45.7. The standard InChI is InChI=1S/C56H50N10S2/c1-3-13-45(14-4-1)55(47-25-21-43(22-26-47)33-65-39-51(59-61-65)37-63(41-53-19-11-31-67-53)35-49-17-7-9-29-57-49)56(46-15-5-2-6-16-46)48-27-23-44(24-28-48)34-66-40-52(60-62-66)38-64(42-54-20-12-32-68-54)36-50-18-8-10-30-58-50/h1-32,39-40H,33-38,41-42H2/b56-55+. The Morgan fingerprint density at radius 1 is 0.382 bits per heavy atom. The molecule has 6 aromatic heterocycles. The highest BCUT2D eigenvalue weighted by Crippen LogP contribution is 2.37. The summed E-state index contributed by atoms with van der Waals surface area (Å²) >= 11 is 3.54. The van der Waals surface area contributed by atoms with Crippen LogP contribution >= 0.6 is 22.7 Å². The molecule has 0 unspecified atom stereocenters. The lowest BCUT2D eigenvalue weighted by Crippen LogP contribution is -2.22. The molecule has 0 N–H and O–H groups in total. The molecule has 6 heterocycles. The summed E-state index contributed by atoms with van der Waals surface area (Å²) in [6.07, 6.45) is 7.83. The average molecular weight is 927 g/mol. The summed E-state index contributed by atoms with van der Waals surface area (Å²) < 4.78 is 3.87. The van der Waals surface area contributed by atoms with E-state index in [2.05, 4.69) is 209 Å². The van der Waals surface area contributed by atoms with Crippen molar-refractivity contribution in [2.75, 3.05) is 0 Å². The molecule has 0 atom stereocenters. The Balaban J connectivity index is 0.876. The minimum Gasteiger partial charge on any atom is -0.286 e. The molecule has 10 nitrogen and oxygen atoms in total. The van der Waals surface area contributed by atoms with Crippen molar-refractivity contribution in [3.63, 3.8) is 0 Å². The van der Waals surface area contributed by atoms with E-state index in [1.165, 1.54) is 9.75 Å². The number of hydrogen-bond acceptors (Lipinski definition) is 10. The van der Waals surface area contributed by atoms with Crippen molar-refractivity contribution in [1.82, 2.24) is 49.8 Å². The molecule has 0 bridgehead atoms. The van der Waals surface area contributed by atoms with E-state index in [1.54, 1.807) is 22.7 Å². The van der Waals surface area contributed by atoms with Gasteiger partial charge in [-0.05, 0) is 91.7 Å². The summed E-state index contributed by atoms with van der Waals surface area (Å²) in [5, 5.41) is 22.6. The summed E-state index contributed by atoms with van der Waals surface area (Å²) in [7, 11) is 0. The van der Waals surface area contributed by atoms with Crippen molar-refractivity contribution >= 4 is 33.8 Å². The van der Waals surface area contributed by atoms with Crippen molar-refractivity contribution in [1.29, 1.82) is 0 Å². The van der Waals surface area contributed by atoms with Crippen molar-refractivity contribution < 1.29 is 0 Å². The number of benzene rings is 4. The first-order valence-corrected chi connectivity index (χ1v) is 24.5. The van der Waals surface area contributed by atoms with Crippen LogP contribution in [0.4, 0.5) is 0 Å². The fourth-order valence-electron chi connectivity index (χ4n) is 8.51. The number of hydrogen-bond donors (Lipinski definition) is 0. The molecular weight excluding hydrogens is 877 g/mol. The smallest absolute Gasteiger partial charge is 0.0967 e. The molecule has 0 spiro atoms. The van der Waals surface area contributed by atoms with Crippen molar-refractivity contribution in [3.8, 4) is 0 Å². The quantitative estimate of drug-likeness (QED) is 0.0698. The molecule has 336 valence electrons. The fraction of sp³-hybridized carbons (Fsp3) is 0.143. The van der Waals surface area contributed by atoms with Gasteiger partial charge in [-0.2, -0.15) is 0 Å². The molecular formula is C56H50N10S2. The number of nitrogens with zero attached hydrogens (tertiary/aromatic N) is 10. The zero-order valence-electron chi connectivity index (χ0n) is 37.6. The summed E-state index contributed by atoms with van der Waals surface area (Å²) in [6, 6.07) is 59.9. The van der Waals surface area contributed by atoms with Crippen LogP contribution in [0, 0.1) is 0 Å².